The van der Waals surface area contributed by atoms with E-state index in [1.165, 1.54) is 4.90 Å². The third-order valence-electron chi connectivity index (χ3n) is 4.83. The number of likely N-dealkylation sites (tertiary alicyclic amines) is 1. The van der Waals surface area contributed by atoms with Crippen molar-refractivity contribution >= 4 is 18.0 Å². The monoisotopic (exact) mass is 340 g/mol. The molecule has 1 spiro atoms. The quantitative estimate of drug-likeness (QED) is 0.770. The van der Waals surface area contributed by atoms with Crippen molar-refractivity contribution in [3.8, 4) is 0 Å². The highest BCUT2D eigenvalue weighted by Gasteiger charge is 2.59. The Morgan fingerprint density at radius 3 is 2.42 bits per heavy atom. The van der Waals surface area contributed by atoms with Gasteiger partial charge >= 0.3 is 12.1 Å². The van der Waals surface area contributed by atoms with Gasteiger partial charge in [-0.25, -0.2) is 9.59 Å². The van der Waals surface area contributed by atoms with E-state index in [2.05, 4.69) is 0 Å². The topological polar surface area (TPSA) is 96.4 Å². The van der Waals surface area contributed by atoms with Crippen LogP contribution in [-0.2, 0) is 19.1 Å². The number of rotatable bonds is 1. The molecule has 3 aliphatic heterocycles. The second-order valence-corrected chi connectivity index (χ2v) is 7.68. The summed E-state index contributed by atoms with van der Waals surface area (Å²) in [5.74, 6) is -1.24. The van der Waals surface area contributed by atoms with Crippen molar-refractivity contribution in [2.45, 2.75) is 69.9 Å². The van der Waals surface area contributed by atoms with Crippen molar-refractivity contribution in [1.82, 2.24) is 9.80 Å². The summed E-state index contributed by atoms with van der Waals surface area (Å²) in [7, 11) is 0. The van der Waals surface area contributed by atoms with Crippen LogP contribution >= 0.6 is 0 Å². The predicted octanol–water partition coefficient (Wildman–Crippen LogP) is 1.19. The van der Waals surface area contributed by atoms with Crippen LogP contribution < -0.4 is 0 Å². The fourth-order valence-electron chi connectivity index (χ4n) is 3.66. The van der Waals surface area contributed by atoms with E-state index in [-0.39, 0.29) is 5.91 Å². The molecule has 134 valence electrons. The zero-order chi connectivity index (χ0) is 17.7. The second-order valence-electron chi connectivity index (χ2n) is 7.68. The molecule has 0 aromatic rings. The molecule has 0 aliphatic carbocycles. The van der Waals surface area contributed by atoms with E-state index in [0.29, 0.717) is 38.8 Å². The molecule has 0 radical (unpaired) electrons. The van der Waals surface area contributed by atoms with Crippen LogP contribution in [-0.4, -0.2) is 69.4 Å². The Balaban J connectivity index is 1.65. The van der Waals surface area contributed by atoms with E-state index < -0.39 is 35.5 Å². The van der Waals surface area contributed by atoms with Crippen LogP contribution in [0, 0.1) is 0 Å². The van der Waals surface area contributed by atoms with Crippen LogP contribution in [0.5, 0.6) is 0 Å². The number of nitrogens with zero attached hydrogens (tertiary/aromatic N) is 2. The summed E-state index contributed by atoms with van der Waals surface area (Å²) in [6.07, 6.45) is 0.847. The number of carbonyl (C=O) groups excluding carboxylic acids is 2. The maximum absolute atomic E-state index is 12.8. The van der Waals surface area contributed by atoms with E-state index in [9.17, 15) is 19.5 Å². The van der Waals surface area contributed by atoms with Crippen molar-refractivity contribution < 1.29 is 29.0 Å². The minimum atomic E-state index is -0.989. The average molecular weight is 340 g/mol. The first kappa shape index (κ1) is 17.0. The van der Waals surface area contributed by atoms with Crippen molar-refractivity contribution in [3.05, 3.63) is 0 Å². The van der Waals surface area contributed by atoms with Crippen LogP contribution in [0.3, 0.4) is 0 Å². The van der Waals surface area contributed by atoms with Crippen LogP contribution in [0.1, 0.15) is 46.5 Å². The third-order valence-corrected chi connectivity index (χ3v) is 4.83. The van der Waals surface area contributed by atoms with Gasteiger partial charge in [0.25, 0.3) is 5.91 Å². The van der Waals surface area contributed by atoms with Gasteiger partial charge in [-0.2, -0.15) is 0 Å². The Bertz CT molecular complexity index is 561. The normalized spacial score (nSPS) is 29.0. The number of carboxylic acid groups (broad SMARTS) is 1. The summed E-state index contributed by atoms with van der Waals surface area (Å²) in [4.78, 5) is 39.2. The van der Waals surface area contributed by atoms with Gasteiger partial charge in [0.2, 0.25) is 0 Å². The summed E-state index contributed by atoms with van der Waals surface area (Å²) in [5.41, 5.74) is -1.55. The molecule has 8 heteroatoms. The first-order valence-electron chi connectivity index (χ1n) is 8.34. The standard InChI is InChI=1S/C16H24N2O6/c1-15(2,3)24-14(22)17-8-6-16(7-9-17)13(21)18-10(12(19)20)4-5-11(18)23-16/h10-11H,4-9H2,1-3H3,(H,19,20)/t10-,11+/m0/s1. The summed E-state index contributed by atoms with van der Waals surface area (Å²) >= 11 is 0. The lowest BCUT2D eigenvalue weighted by Crippen LogP contribution is -2.53. The summed E-state index contributed by atoms with van der Waals surface area (Å²) in [5, 5.41) is 9.27. The lowest BCUT2D eigenvalue weighted by atomic mass is 9.90. The number of hydrogen-bond acceptors (Lipinski definition) is 5. The average Bonchev–Trinajstić information content (AvgIpc) is 2.98. The lowest BCUT2D eigenvalue weighted by molar-refractivity contribution is -0.150. The van der Waals surface area contributed by atoms with Gasteiger partial charge in [0.05, 0.1) is 0 Å². The number of ether oxygens (including phenoxy) is 2. The number of hydrogen-bond donors (Lipinski definition) is 1. The Labute approximate surface area is 140 Å². The van der Waals surface area contributed by atoms with E-state index in [1.807, 2.05) is 0 Å². The van der Waals surface area contributed by atoms with Gasteiger partial charge in [0.15, 0.2) is 5.60 Å². The van der Waals surface area contributed by atoms with Gasteiger partial charge in [0.1, 0.15) is 17.9 Å². The molecule has 0 saturated carbocycles. The summed E-state index contributed by atoms with van der Waals surface area (Å²) in [6, 6.07) is -0.800. The molecule has 3 rings (SSSR count). The fraction of sp³-hybridized carbons (Fsp3) is 0.812. The van der Waals surface area contributed by atoms with Crippen LogP contribution in [0.25, 0.3) is 0 Å². The van der Waals surface area contributed by atoms with Crippen molar-refractivity contribution in [1.29, 1.82) is 0 Å². The number of piperidine rings is 1. The third kappa shape index (κ3) is 2.83. The number of amides is 2. The molecule has 0 aromatic carbocycles. The van der Waals surface area contributed by atoms with Crippen molar-refractivity contribution in [3.63, 3.8) is 0 Å². The molecule has 3 saturated heterocycles. The maximum atomic E-state index is 12.8. The molecule has 2 amide bonds. The Morgan fingerprint density at radius 1 is 1.25 bits per heavy atom. The Morgan fingerprint density at radius 2 is 1.88 bits per heavy atom. The highest BCUT2D eigenvalue weighted by Crippen LogP contribution is 2.42. The second kappa shape index (κ2) is 5.61. The molecular formula is C16H24N2O6. The highest BCUT2D eigenvalue weighted by atomic mass is 16.6. The maximum Gasteiger partial charge on any atom is 0.410 e. The molecule has 3 heterocycles. The molecule has 2 atom stereocenters. The highest BCUT2D eigenvalue weighted by molar-refractivity contribution is 5.92. The summed E-state index contributed by atoms with van der Waals surface area (Å²) < 4.78 is 11.3. The molecule has 3 aliphatic rings. The molecular weight excluding hydrogens is 316 g/mol. The van der Waals surface area contributed by atoms with Gasteiger partial charge in [-0.1, -0.05) is 0 Å². The molecule has 0 aromatic heterocycles. The predicted molar refractivity (Wildman–Crippen MR) is 82.1 cm³/mol. The minimum Gasteiger partial charge on any atom is -0.480 e. The van der Waals surface area contributed by atoms with Gasteiger partial charge in [-0.3, -0.25) is 4.79 Å². The number of aliphatic carboxylic acids is 1. The van der Waals surface area contributed by atoms with E-state index >= 15 is 0 Å². The molecule has 24 heavy (non-hydrogen) atoms. The van der Waals surface area contributed by atoms with E-state index in [1.54, 1.807) is 25.7 Å². The van der Waals surface area contributed by atoms with Gasteiger partial charge in [0, 0.05) is 25.9 Å². The SMILES string of the molecule is CC(C)(C)OC(=O)N1CCC2(CC1)O[C@@H]1CC[C@@H](C(=O)O)N1C2=O. The Kier molecular flexibility index (Phi) is 3.98. The molecule has 0 unspecified atom stereocenters. The van der Waals surface area contributed by atoms with E-state index in [4.69, 9.17) is 9.47 Å². The molecule has 8 nitrogen and oxygen atoms in total. The lowest BCUT2D eigenvalue weighted by Gasteiger charge is -2.37. The van der Waals surface area contributed by atoms with Crippen LogP contribution in [0.4, 0.5) is 4.79 Å². The van der Waals surface area contributed by atoms with Crippen LogP contribution in [0.15, 0.2) is 0 Å². The van der Waals surface area contributed by atoms with Gasteiger partial charge in [-0.15, -0.1) is 0 Å². The fourth-order valence-corrected chi connectivity index (χ4v) is 3.66. The number of carbonyl (C=O) groups is 3. The first-order chi connectivity index (χ1) is 11.1. The van der Waals surface area contributed by atoms with Gasteiger partial charge in [-0.05, 0) is 33.6 Å². The zero-order valence-electron chi connectivity index (χ0n) is 14.3. The number of carboxylic acids is 1. The van der Waals surface area contributed by atoms with Gasteiger partial charge < -0.3 is 24.4 Å². The molecule has 3 fully saturated rings. The summed E-state index contributed by atoms with van der Waals surface area (Å²) in [6.45, 7) is 6.14. The van der Waals surface area contributed by atoms with Crippen molar-refractivity contribution in [2.24, 2.45) is 0 Å². The van der Waals surface area contributed by atoms with E-state index in [0.717, 1.165) is 0 Å². The largest absolute Gasteiger partial charge is 0.480 e. The smallest absolute Gasteiger partial charge is 0.410 e. The molecule has 1 N–H and O–H groups in total. The molecule has 0 bridgehead atoms. The first-order valence-corrected chi connectivity index (χ1v) is 8.34. The number of fused-ring (bicyclic) bond motifs is 1. The zero-order valence-corrected chi connectivity index (χ0v) is 14.3. The minimum absolute atomic E-state index is 0.249. The Hall–Kier alpha value is -1.83. The van der Waals surface area contributed by atoms with Crippen LogP contribution in [0.2, 0.25) is 0 Å². The van der Waals surface area contributed by atoms with Crippen molar-refractivity contribution in [2.75, 3.05) is 13.1 Å².